The van der Waals surface area contributed by atoms with Crippen LogP contribution in [0.1, 0.15) is 20.3 Å². The van der Waals surface area contributed by atoms with Crippen molar-refractivity contribution in [1.29, 1.82) is 0 Å². The van der Waals surface area contributed by atoms with Gasteiger partial charge in [0.25, 0.3) is 5.69 Å². The van der Waals surface area contributed by atoms with Gasteiger partial charge in [-0.3, -0.25) is 10.1 Å². The second-order valence-corrected chi connectivity index (χ2v) is 3.98. The van der Waals surface area contributed by atoms with Crippen molar-refractivity contribution in [2.75, 3.05) is 12.0 Å². The number of aromatic nitrogens is 1. The van der Waals surface area contributed by atoms with Crippen LogP contribution in [0.4, 0.5) is 11.5 Å². The van der Waals surface area contributed by atoms with Crippen molar-refractivity contribution in [3.63, 3.8) is 0 Å². The van der Waals surface area contributed by atoms with Crippen LogP contribution >= 0.6 is 0 Å². The Hall–Kier alpha value is -1.89. The Morgan fingerprint density at radius 2 is 2.29 bits per heavy atom. The smallest absolute Gasteiger partial charge is 0.278 e. The first kappa shape index (κ1) is 13.2. The molecule has 0 aliphatic rings. The fourth-order valence-electron chi connectivity index (χ4n) is 1.14. The van der Waals surface area contributed by atoms with Gasteiger partial charge in [0.15, 0.2) is 5.82 Å². The number of hydrazine groups is 1. The summed E-state index contributed by atoms with van der Waals surface area (Å²) < 4.78 is 5.34. The molecule has 1 aromatic rings. The molecule has 0 unspecified atom stereocenters. The summed E-state index contributed by atoms with van der Waals surface area (Å²) in [6.45, 7) is 4.60. The van der Waals surface area contributed by atoms with E-state index >= 15 is 0 Å². The van der Waals surface area contributed by atoms with E-state index in [0.29, 0.717) is 12.5 Å². The molecule has 0 aliphatic heterocycles. The van der Waals surface area contributed by atoms with E-state index in [2.05, 4.69) is 24.3 Å². The summed E-state index contributed by atoms with van der Waals surface area (Å²) in [6, 6.07) is 2.52. The Morgan fingerprint density at radius 3 is 2.82 bits per heavy atom. The second-order valence-electron chi connectivity index (χ2n) is 3.98. The number of nitrogens with zero attached hydrogens (tertiary/aromatic N) is 2. The fourth-order valence-corrected chi connectivity index (χ4v) is 1.14. The molecule has 0 saturated heterocycles. The van der Waals surface area contributed by atoms with Gasteiger partial charge in [-0.1, -0.05) is 13.8 Å². The van der Waals surface area contributed by atoms with Crippen molar-refractivity contribution in [2.24, 2.45) is 11.8 Å². The fraction of sp³-hybridized carbons (Fsp3) is 0.500. The zero-order valence-electron chi connectivity index (χ0n) is 9.84. The SMILES string of the molecule is CC(C)CCOc1cc([N+](=O)[O-])cc(NN)n1. The van der Waals surface area contributed by atoms with Gasteiger partial charge in [-0.2, -0.15) is 4.98 Å². The maximum absolute atomic E-state index is 10.7. The predicted molar refractivity (Wildman–Crippen MR) is 63.7 cm³/mol. The lowest BCUT2D eigenvalue weighted by Gasteiger charge is -2.08. The van der Waals surface area contributed by atoms with Crippen LogP contribution in [-0.4, -0.2) is 16.5 Å². The van der Waals surface area contributed by atoms with Crippen molar-refractivity contribution in [2.45, 2.75) is 20.3 Å². The normalized spacial score (nSPS) is 10.4. The number of pyridine rings is 1. The first-order valence-electron chi connectivity index (χ1n) is 5.29. The van der Waals surface area contributed by atoms with Gasteiger partial charge in [0.05, 0.1) is 23.7 Å². The lowest BCUT2D eigenvalue weighted by molar-refractivity contribution is -0.384. The first-order valence-corrected chi connectivity index (χ1v) is 5.29. The van der Waals surface area contributed by atoms with Crippen LogP contribution in [-0.2, 0) is 0 Å². The lowest BCUT2D eigenvalue weighted by atomic mass is 10.1. The summed E-state index contributed by atoms with van der Waals surface area (Å²) in [5.74, 6) is 6.08. The number of ether oxygens (including phenoxy) is 1. The van der Waals surface area contributed by atoms with Crippen molar-refractivity contribution >= 4 is 11.5 Å². The van der Waals surface area contributed by atoms with E-state index in [1.807, 2.05) is 0 Å². The third kappa shape index (κ3) is 4.23. The highest BCUT2D eigenvalue weighted by Gasteiger charge is 2.11. The van der Waals surface area contributed by atoms with Crippen LogP contribution in [0.25, 0.3) is 0 Å². The molecule has 17 heavy (non-hydrogen) atoms. The third-order valence-electron chi connectivity index (χ3n) is 2.09. The zero-order valence-corrected chi connectivity index (χ0v) is 9.84. The van der Waals surface area contributed by atoms with Gasteiger partial charge in [-0.25, -0.2) is 5.84 Å². The van der Waals surface area contributed by atoms with Crippen LogP contribution in [0, 0.1) is 16.0 Å². The number of nitro groups is 1. The molecule has 94 valence electrons. The quantitative estimate of drug-likeness (QED) is 0.445. The van der Waals surface area contributed by atoms with Crippen molar-refractivity contribution in [3.8, 4) is 5.88 Å². The molecule has 0 fully saturated rings. The van der Waals surface area contributed by atoms with Crippen LogP contribution in [0.3, 0.4) is 0 Å². The first-order chi connectivity index (χ1) is 8.02. The van der Waals surface area contributed by atoms with Gasteiger partial charge in [0, 0.05) is 0 Å². The Kier molecular flexibility index (Phi) is 4.65. The molecule has 0 saturated carbocycles. The van der Waals surface area contributed by atoms with E-state index in [4.69, 9.17) is 10.6 Å². The highest BCUT2D eigenvalue weighted by molar-refractivity contribution is 5.47. The number of nitrogen functional groups attached to an aromatic ring is 1. The average molecular weight is 240 g/mol. The van der Waals surface area contributed by atoms with E-state index in [0.717, 1.165) is 6.42 Å². The van der Waals surface area contributed by atoms with E-state index < -0.39 is 4.92 Å². The average Bonchev–Trinajstić information content (AvgIpc) is 2.28. The van der Waals surface area contributed by atoms with Gasteiger partial charge in [0.1, 0.15) is 0 Å². The summed E-state index contributed by atoms with van der Waals surface area (Å²) in [4.78, 5) is 14.1. The lowest BCUT2D eigenvalue weighted by Crippen LogP contribution is -2.10. The van der Waals surface area contributed by atoms with Crippen molar-refractivity contribution in [3.05, 3.63) is 22.2 Å². The molecule has 1 rings (SSSR count). The largest absolute Gasteiger partial charge is 0.477 e. The molecule has 1 aromatic heterocycles. The van der Waals surface area contributed by atoms with Crippen LogP contribution in [0.5, 0.6) is 5.88 Å². The van der Waals surface area contributed by atoms with Crippen LogP contribution in [0.2, 0.25) is 0 Å². The maximum Gasteiger partial charge on any atom is 0.278 e. The molecule has 0 radical (unpaired) electrons. The number of rotatable bonds is 6. The topological polar surface area (TPSA) is 103 Å². The van der Waals surface area contributed by atoms with E-state index in [9.17, 15) is 10.1 Å². The van der Waals surface area contributed by atoms with E-state index in [1.165, 1.54) is 12.1 Å². The molecule has 0 aromatic carbocycles. The highest BCUT2D eigenvalue weighted by Crippen LogP contribution is 2.21. The molecule has 7 heteroatoms. The molecule has 0 aliphatic carbocycles. The van der Waals surface area contributed by atoms with Crippen LogP contribution < -0.4 is 16.0 Å². The number of hydrogen-bond acceptors (Lipinski definition) is 6. The number of anilines is 1. The van der Waals surface area contributed by atoms with Crippen molar-refractivity contribution in [1.82, 2.24) is 4.98 Å². The Bertz CT molecular complexity index is 395. The summed E-state index contributed by atoms with van der Waals surface area (Å²) in [5.41, 5.74) is 2.16. The molecule has 0 amide bonds. The minimum atomic E-state index is -0.516. The van der Waals surface area contributed by atoms with Gasteiger partial charge in [-0.15, -0.1) is 0 Å². The minimum absolute atomic E-state index is 0.104. The monoisotopic (exact) mass is 240 g/mol. The zero-order chi connectivity index (χ0) is 12.8. The Labute approximate surface area is 99.1 Å². The molecule has 0 atom stereocenters. The molecule has 7 nitrogen and oxygen atoms in total. The van der Waals surface area contributed by atoms with Gasteiger partial charge < -0.3 is 10.2 Å². The Morgan fingerprint density at radius 1 is 1.59 bits per heavy atom. The van der Waals surface area contributed by atoms with E-state index in [-0.39, 0.29) is 17.4 Å². The summed E-state index contributed by atoms with van der Waals surface area (Å²) >= 11 is 0. The Balaban J connectivity index is 2.76. The number of nitrogens with two attached hydrogens (primary N) is 1. The molecule has 3 N–H and O–H groups in total. The van der Waals surface area contributed by atoms with Crippen LogP contribution in [0.15, 0.2) is 12.1 Å². The predicted octanol–water partition coefficient (Wildman–Crippen LogP) is 1.70. The van der Waals surface area contributed by atoms with Gasteiger partial charge in [-0.05, 0) is 12.3 Å². The highest BCUT2D eigenvalue weighted by atomic mass is 16.6. The van der Waals surface area contributed by atoms with E-state index in [1.54, 1.807) is 0 Å². The molecule has 0 bridgehead atoms. The van der Waals surface area contributed by atoms with Gasteiger partial charge >= 0.3 is 0 Å². The standard InChI is InChI=1S/C10H16N4O3/c1-7(2)3-4-17-10-6-8(14(15)16)5-9(12-10)13-11/h5-7H,3-4,11H2,1-2H3,(H,12,13). The maximum atomic E-state index is 10.7. The number of nitrogens with one attached hydrogen (secondary N) is 1. The summed E-state index contributed by atoms with van der Waals surface area (Å²) in [7, 11) is 0. The number of hydrogen-bond donors (Lipinski definition) is 2. The molecular formula is C10H16N4O3. The summed E-state index contributed by atoms with van der Waals surface area (Å²) in [6.07, 6.45) is 0.857. The third-order valence-corrected chi connectivity index (χ3v) is 2.09. The molecule has 0 spiro atoms. The molecule has 1 heterocycles. The van der Waals surface area contributed by atoms with Gasteiger partial charge in [0.2, 0.25) is 5.88 Å². The summed E-state index contributed by atoms with van der Waals surface area (Å²) in [5, 5.41) is 10.7. The second kappa shape index (κ2) is 6.00. The molecular weight excluding hydrogens is 224 g/mol. The van der Waals surface area contributed by atoms with Crippen molar-refractivity contribution < 1.29 is 9.66 Å². The minimum Gasteiger partial charge on any atom is -0.477 e.